The predicted molar refractivity (Wildman–Crippen MR) is 154 cm³/mol. The highest BCUT2D eigenvalue weighted by molar-refractivity contribution is 5.99. The van der Waals surface area contributed by atoms with E-state index in [1.54, 1.807) is 24.4 Å². The number of hydrogen-bond acceptors (Lipinski definition) is 6. The van der Waals surface area contributed by atoms with Crippen molar-refractivity contribution in [2.75, 3.05) is 11.9 Å². The van der Waals surface area contributed by atoms with Crippen molar-refractivity contribution in [1.82, 2.24) is 24.8 Å². The number of aryl methyl sites for hydroxylation is 1. The van der Waals surface area contributed by atoms with Gasteiger partial charge in [0.1, 0.15) is 17.7 Å². The zero-order valence-electron chi connectivity index (χ0n) is 23.4. The first kappa shape index (κ1) is 32.6. The molecule has 0 aliphatic heterocycles. The zero-order chi connectivity index (χ0) is 31.4. The first-order chi connectivity index (χ1) is 20.5. The zero-order valence-corrected chi connectivity index (χ0v) is 23.4. The maximum Gasteiger partial charge on any atom is 0.490 e. The molecule has 4 rings (SSSR count). The molecule has 0 saturated heterocycles. The fourth-order valence-electron chi connectivity index (χ4n) is 4.03. The monoisotopic (exact) mass is 602 g/mol. The van der Waals surface area contributed by atoms with Gasteiger partial charge < -0.3 is 30.4 Å². The Morgan fingerprint density at radius 3 is 2.42 bits per heavy atom. The molecule has 5 N–H and O–H groups in total. The van der Waals surface area contributed by atoms with Crippen molar-refractivity contribution in [3.05, 3.63) is 66.6 Å². The smallest absolute Gasteiger partial charge is 0.480 e. The molecule has 0 aliphatic rings. The molecule has 0 spiro atoms. The Balaban J connectivity index is 0.000000646. The molecule has 1 amide bonds. The molecule has 1 atom stereocenters. The van der Waals surface area contributed by atoms with Crippen molar-refractivity contribution in [2.24, 2.45) is 0 Å². The summed E-state index contributed by atoms with van der Waals surface area (Å²) in [5, 5.41) is 22.7. The Labute approximate surface area is 245 Å². The van der Waals surface area contributed by atoms with Gasteiger partial charge in [-0.15, -0.1) is 0 Å². The van der Waals surface area contributed by atoms with Crippen molar-refractivity contribution >= 4 is 34.7 Å². The van der Waals surface area contributed by atoms with E-state index in [-0.39, 0.29) is 6.42 Å². The number of unbranched alkanes of at least 4 members (excludes halogenated alkanes) is 3. The van der Waals surface area contributed by atoms with Crippen LogP contribution in [0.2, 0.25) is 0 Å². The standard InChI is InChI=1S/C27H32N6O3.C2HF3O2/c1-2-3-4-5-12-28-24-18-19(10-13-29-24)25-30-21-9-8-20(17-23(21)31-25)26(34)32-22(27(35)36)11-16-33-14-6-7-15-33;3-2(4,5)1(6)7/h6-10,13-15,17-18,22H,2-5,11-12,16H2,1H3,(H,28,29)(H,30,31)(H,32,34)(H,35,36);(H,6,7)/t22-;/m0./s1. The third kappa shape index (κ3) is 10.2. The molecule has 14 heteroatoms. The number of imidazole rings is 1. The number of H-pyrrole nitrogens is 1. The number of hydrogen-bond donors (Lipinski definition) is 5. The fraction of sp³-hybridized carbons (Fsp3) is 0.345. The molecule has 3 aromatic heterocycles. The molecule has 0 aliphatic carbocycles. The fourth-order valence-corrected chi connectivity index (χ4v) is 4.03. The minimum atomic E-state index is -5.08. The third-order valence-electron chi connectivity index (χ3n) is 6.30. The number of aromatic amines is 1. The largest absolute Gasteiger partial charge is 0.490 e. The van der Waals surface area contributed by atoms with Crippen LogP contribution < -0.4 is 10.6 Å². The van der Waals surface area contributed by atoms with Crippen molar-refractivity contribution in [3.63, 3.8) is 0 Å². The lowest BCUT2D eigenvalue weighted by Gasteiger charge is -2.15. The minimum Gasteiger partial charge on any atom is -0.480 e. The lowest BCUT2D eigenvalue weighted by molar-refractivity contribution is -0.192. The van der Waals surface area contributed by atoms with E-state index in [2.05, 4.69) is 32.5 Å². The molecule has 0 saturated carbocycles. The van der Waals surface area contributed by atoms with Gasteiger partial charge in [0.2, 0.25) is 0 Å². The molecule has 11 nitrogen and oxygen atoms in total. The van der Waals surface area contributed by atoms with Gasteiger partial charge in [-0.3, -0.25) is 4.79 Å². The van der Waals surface area contributed by atoms with E-state index in [1.807, 2.05) is 41.2 Å². The number of fused-ring (bicyclic) bond motifs is 1. The number of anilines is 1. The van der Waals surface area contributed by atoms with Gasteiger partial charge in [0, 0.05) is 42.8 Å². The number of aromatic nitrogens is 4. The maximum atomic E-state index is 12.8. The molecule has 0 fully saturated rings. The quantitative estimate of drug-likeness (QED) is 0.128. The van der Waals surface area contributed by atoms with Gasteiger partial charge in [-0.05, 0) is 55.3 Å². The number of pyridine rings is 1. The van der Waals surface area contributed by atoms with E-state index >= 15 is 0 Å². The number of rotatable bonds is 13. The van der Waals surface area contributed by atoms with Crippen LogP contribution in [0.4, 0.5) is 19.0 Å². The summed E-state index contributed by atoms with van der Waals surface area (Å²) in [4.78, 5) is 45.7. The summed E-state index contributed by atoms with van der Waals surface area (Å²) in [6.07, 6.45) is 5.41. The van der Waals surface area contributed by atoms with E-state index < -0.39 is 30.1 Å². The van der Waals surface area contributed by atoms with E-state index in [0.717, 1.165) is 29.9 Å². The summed E-state index contributed by atoms with van der Waals surface area (Å²) in [6, 6.07) is 11.7. The minimum absolute atomic E-state index is 0.281. The molecular formula is C29H33F3N6O5. The molecule has 230 valence electrons. The van der Waals surface area contributed by atoms with Crippen molar-refractivity contribution < 1.29 is 37.8 Å². The normalized spacial score (nSPS) is 11.8. The van der Waals surface area contributed by atoms with Gasteiger partial charge >= 0.3 is 18.1 Å². The molecule has 0 radical (unpaired) electrons. The number of nitrogens with zero attached hydrogens (tertiary/aromatic N) is 3. The number of benzene rings is 1. The molecule has 0 bridgehead atoms. The van der Waals surface area contributed by atoms with Crippen molar-refractivity contribution in [1.29, 1.82) is 0 Å². The van der Waals surface area contributed by atoms with Gasteiger partial charge in [0.05, 0.1) is 11.0 Å². The summed E-state index contributed by atoms with van der Waals surface area (Å²) in [6.45, 7) is 3.56. The summed E-state index contributed by atoms with van der Waals surface area (Å²) >= 11 is 0. The van der Waals surface area contributed by atoms with Crippen LogP contribution in [0.15, 0.2) is 61.1 Å². The van der Waals surface area contributed by atoms with Crippen LogP contribution in [-0.2, 0) is 16.1 Å². The first-order valence-corrected chi connectivity index (χ1v) is 13.6. The summed E-state index contributed by atoms with van der Waals surface area (Å²) in [5.74, 6) is -2.79. The SMILES string of the molecule is CCCCCCNc1cc(-c2nc3ccc(C(=O)N[C@@H](CCn4cccc4)C(=O)O)cc3[nH]2)ccn1.O=C(O)C(F)(F)F. The van der Waals surface area contributed by atoms with E-state index in [0.29, 0.717) is 23.4 Å². The Morgan fingerprint density at radius 2 is 1.77 bits per heavy atom. The maximum absolute atomic E-state index is 12.8. The number of carboxylic acids is 2. The highest BCUT2D eigenvalue weighted by atomic mass is 19.4. The van der Waals surface area contributed by atoms with Crippen LogP contribution in [0.5, 0.6) is 0 Å². The van der Waals surface area contributed by atoms with Gasteiger partial charge in [-0.25, -0.2) is 19.6 Å². The number of alkyl halides is 3. The molecule has 1 aromatic carbocycles. The van der Waals surface area contributed by atoms with Crippen LogP contribution >= 0.6 is 0 Å². The van der Waals surface area contributed by atoms with Gasteiger partial charge in [-0.1, -0.05) is 26.2 Å². The number of carbonyl (C=O) groups excluding carboxylic acids is 1. The molecular weight excluding hydrogens is 569 g/mol. The lowest BCUT2D eigenvalue weighted by atomic mass is 10.1. The molecule has 0 unspecified atom stereocenters. The van der Waals surface area contributed by atoms with E-state index in [1.165, 1.54) is 19.3 Å². The second-order valence-electron chi connectivity index (χ2n) is 9.61. The molecule has 4 aromatic rings. The lowest BCUT2D eigenvalue weighted by Crippen LogP contribution is -2.41. The highest BCUT2D eigenvalue weighted by Gasteiger charge is 2.38. The Hall–Kier alpha value is -4.88. The average molecular weight is 603 g/mol. The van der Waals surface area contributed by atoms with Gasteiger partial charge in [-0.2, -0.15) is 13.2 Å². The third-order valence-corrected chi connectivity index (χ3v) is 6.30. The van der Waals surface area contributed by atoms with Crippen LogP contribution in [0.25, 0.3) is 22.4 Å². The van der Waals surface area contributed by atoms with Crippen LogP contribution in [0.1, 0.15) is 49.4 Å². The summed E-state index contributed by atoms with van der Waals surface area (Å²) in [5.41, 5.74) is 2.67. The second kappa shape index (κ2) is 15.4. The van der Waals surface area contributed by atoms with Crippen molar-refractivity contribution in [2.45, 2.75) is 57.8 Å². The predicted octanol–water partition coefficient (Wildman–Crippen LogP) is 5.33. The molecule has 43 heavy (non-hydrogen) atoms. The number of carboxylic acid groups (broad SMARTS) is 2. The topological polar surface area (TPSA) is 162 Å². The summed E-state index contributed by atoms with van der Waals surface area (Å²) in [7, 11) is 0. The number of nitrogens with one attached hydrogen (secondary N) is 3. The summed E-state index contributed by atoms with van der Waals surface area (Å²) < 4.78 is 33.6. The van der Waals surface area contributed by atoms with Crippen molar-refractivity contribution in [3.8, 4) is 11.4 Å². The number of carbonyl (C=O) groups is 3. The Bertz CT molecular complexity index is 1500. The van der Waals surface area contributed by atoms with Crippen LogP contribution in [0, 0.1) is 0 Å². The number of amides is 1. The number of halogens is 3. The number of aliphatic carboxylic acids is 2. The van der Waals surface area contributed by atoms with Crippen LogP contribution in [0.3, 0.4) is 0 Å². The molecule has 3 heterocycles. The highest BCUT2D eigenvalue weighted by Crippen LogP contribution is 2.23. The van der Waals surface area contributed by atoms with E-state index in [9.17, 15) is 27.9 Å². The van der Waals surface area contributed by atoms with Gasteiger partial charge in [0.15, 0.2) is 0 Å². The van der Waals surface area contributed by atoms with Crippen LogP contribution in [-0.4, -0.2) is 66.3 Å². The first-order valence-electron chi connectivity index (χ1n) is 13.6. The Morgan fingerprint density at radius 1 is 1.05 bits per heavy atom. The van der Waals surface area contributed by atoms with E-state index in [4.69, 9.17) is 9.90 Å². The van der Waals surface area contributed by atoms with Gasteiger partial charge in [0.25, 0.3) is 5.91 Å². The second-order valence-corrected chi connectivity index (χ2v) is 9.61. The Kier molecular flexibility index (Phi) is 11.7. The average Bonchev–Trinajstić information content (AvgIpc) is 3.64.